The molecule has 1 aromatic carbocycles. The van der Waals surface area contributed by atoms with Crippen LogP contribution in [0, 0.1) is 0 Å². The first-order chi connectivity index (χ1) is 11.7. The van der Waals surface area contributed by atoms with Crippen molar-refractivity contribution in [2.75, 3.05) is 50.7 Å². The molecule has 6 nitrogen and oxygen atoms in total. The minimum atomic E-state index is 0.228. The molecule has 2 aromatic rings. The van der Waals surface area contributed by atoms with Gasteiger partial charge < -0.3 is 9.80 Å². The van der Waals surface area contributed by atoms with Gasteiger partial charge in [-0.1, -0.05) is 26.0 Å². The van der Waals surface area contributed by atoms with Crippen LogP contribution in [0.3, 0.4) is 0 Å². The highest BCUT2D eigenvalue weighted by atomic mass is 16.2. The van der Waals surface area contributed by atoms with E-state index in [4.69, 9.17) is 0 Å². The van der Waals surface area contributed by atoms with Crippen molar-refractivity contribution < 1.29 is 4.79 Å². The molecule has 1 fully saturated rings. The molecule has 0 unspecified atom stereocenters. The highest BCUT2D eigenvalue weighted by Gasteiger charge is 2.23. The topological polar surface area (TPSA) is 52.6 Å². The van der Waals surface area contributed by atoms with E-state index in [0.717, 1.165) is 56.0 Å². The molecule has 1 aromatic heterocycles. The molecule has 0 atom stereocenters. The summed E-state index contributed by atoms with van der Waals surface area (Å²) < 4.78 is 0. The number of carbonyl (C=O) groups is 1. The predicted octanol–water partition coefficient (Wildman–Crippen LogP) is 1.62. The molecule has 1 saturated heterocycles. The van der Waals surface area contributed by atoms with Crippen LogP contribution in [0.5, 0.6) is 0 Å². The molecule has 1 aliphatic heterocycles. The lowest BCUT2D eigenvalue weighted by molar-refractivity contribution is -0.132. The molecule has 1 aliphatic rings. The second-order valence-electron chi connectivity index (χ2n) is 6.04. The minimum Gasteiger partial charge on any atom is -0.352 e. The lowest BCUT2D eigenvalue weighted by Crippen LogP contribution is -2.51. The molecule has 2 heterocycles. The first-order valence-corrected chi connectivity index (χ1v) is 8.67. The third-order valence-electron chi connectivity index (χ3n) is 4.71. The standard InChI is InChI=1S/C18H25N5O/c1-3-21(4-2)13-17(24)22-9-11-23(12-10-22)18-15-7-5-6-8-16(15)19-14-20-18/h5-8,14H,3-4,9-13H2,1-2H3. The number of benzene rings is 1. The van der Waals surface area contributed by atoms with E-state index in [2.05, 4.69) is 39.7 Å². The maximum absolute atomic E-state index is 12.4. The van der Waals surface area contributed by atoms with Crippen LogP contribution in [-0.2, 0) is 4.79 Å². The normalized spacial score (nSPS) is 15.3. The van der Waals surface area contributed by atoms with Gasteiger partial charge in [0.1, 0.15) is 12.1 Å². The van der Waals surface area contributed by atoms with Crippen LogP contribution in [-0.4, -0.2) is 71.5 Å². The fourth-order valence-corrected chi connectivity index (χ4v) is 3.15. The van der Waals surface area contributed by atoms with Gasteiger partial charge in [0.2, 0.25) is 5.91 Å². The van der Waals surface area contributed by atoms with E-state index in [-0.39, 0.29) is 5.91 Å². The van der Waals surface area contributed by atoms with Gasteiger partial charge in [0.05, 0.1) is 12.1 Å². The lowest BCUT2D eigenvalue weighted by atomic mass is 10.2. The summed E-state index contributed by atoms with van der Waals surface area (Å²) in [7, 11) is 0. The predicted molar refractivity (Wildman–Crippen MR) is 96.1 cm³/mol. The monoisotopic (exact) mass is 327 g/mol. The zero-order valence-corrected chi connectivity index (χ0v) is 14.5. The Bertz CT molecular complexity index is 687. The summed E-state index contributed by atoms with van der Waals surface area (Å²) in [6.45, 7) is 9.64. The fourth-order valence-electron chi connectivity index (χ4n) is 3.15. The van der Waals surface area contributed by atoms with E-state index in [1.54, 1.807) is 6.33 Å². The molecule has 0 aliphatic carbocycles. The number of piperazine rings is 1. The molecular formula is C18H25N5O. The molecule has 3 rings (SSSR count). The van der Waals surface area contributed by atoms with Crippen LogP contribution >= 0.6 is 0 Å². The quantitative estimate of drug-likeness (QED) is 0.835. The van der Waals surface area contributed by atoms with Crippen LogP contribution in [0.2, 0.25) is 0 Å². The molecular weight excluding hydrogens is 302 g/mol. The van der Waals surface area contributed by atoms with Gasteiger partial charge in [-0.25, -0.2) is 9.97 Å². The van der Waals surface area contributed by atoms with Crippen LogP contribution in [0.15, 0.2) is 30.6 Å². The van der Waals surface area contributed by atoms with Crippen molar-refractivity contribution in [2.24, 2.45) is 0 Å². The Morgan fingerprint density at radius 2 is 1.79 bits per heavy atom. The average Bonchev–Trinajstić information content (AvgIpc) is 2.65. The number of rotatable bonds is 5. The zero-order chi connectivity index (χ0) is 16.9. The summed E-state index contributed by atoms with van der Waals surface area (Å²) in [4.78, 5) is 27.6. The van der Waals surface area contributed by atoms with Crippen LogP contribution < -0.4 is 4.90 Å². The molecule has 0 bridgehead atoms. The number of aromatic nitrogens is 2. The van der Waals surface area contributed by atoms with Crippen molar-refractivity contribution in [3.63, 3.8) is 0 Å². The Morgan fingerprint density at radius 1 is 1.08 bits per heavy atom. The highest BCUT2D eigenvalue weighted by molar-refractivity contribution is 5.89. The Labute approximate surface area is 143 Å². The Balaban J connectivity index is 1.65. The molecule has 0 spiro atoms. The third kappa shape index (κ3) is 3.48. The van der Waals surface area contributed by atoms with Crippen LogP contribution in [0.4, 0.5) is 5.82 Å². The van der Waals surface area contributed by atoms with Gasteiger partial charge in [-0.3, -0.25) is 9.69 Å². The summed E-state index contributed by atoms with van der Waals surface area (Å²) in [5, 5.41) is 1.07. The number of para-hydroxylation sites is 1. The van der Waals surface area contributed by atoms with Gasteiger partial charge in [-0.15, -0.1) is 0 Å². The highest BCUT2D eigenvalue weighted by Crippen LogP contribution is 2.23. The lowest BCUT2D eigenvalue weighted by Gasteiger charge is -2.36. The Kier molecular flexibility index (Phi) is 5.25. The fraction of sp³-hybridized carbons (Fsp3) is 0.500. The maximum Gasteiger partial charge on any atom is 0.236 e. The van der Waals surface area contributed by atoms with Gasteiger partial charge in [-0.2, -0.15) is 0 Å². The number of nitrogens with zero attached hydrogens (tertiary/aromatic N) is 5. The zero-order valence-electron chi connectivity index (χ0n) is 14.5. The van der Waals surface area contributed by atoms with E-state index in [9.17, 15) is 4.79 Å². The maximum atomic E-state index is 12.4. The smallest absolute Gasteiger partial charge is 0.236 e. The van der Waals surface area contributed by atoms with E-state index in [1.807, 2.05) is 23.1 Å². The van der Waals surface area contributed by atoms with Gasteiger partial charge in [-0.05, 0) is 25.2 Å². The van der Waals surface area contributed by atoms with Crippen molar-refractivity contribution >= 4 is 22.6 Å². The largest absolute Gasteiger partial charge is 0.352 e. The van der Waals surface area contributed by atoms with E-state index >= 15 is 0 Å². The molecule has 24 heavy (non-hydrogen) atoms. The van der Waals surface area contributed by atoms with Crippen molar-refractivity contribution in [1.29, 1.82) is 0 Å². The summed E-state index contributed by atoms with van der Waals surface area (Å²) in [6, 6.07) is 8.06. The second kappa shape index (κ2) is 7.57. The molecule has 128 valence electrons. The van der Waals surface area contributed by atoms with Gasteiger partial charge in [0.15, 0.2) is 0 Å². The van der Waals surface area contributed by atoms with Crippen molar-refractivity contribution in [1.82, 2.24) is 19.8 Å². The number of fused-ring (bicyclic) bond motifs is 1. The molecule has 0 radical (unpaired) electrons. The number of carbonyl (C=O) groups excluding carboxylic acids is 1. The van der Waals surface area contributed by atoms with Crippen molar-refractivity contribution in [2.45, 2.75) is 13.8 Å². The SMILES string of the molecule is CCN(CC)CC(=O)N1CCN(c2ncnc3ccccc23)CC1. The van der Waals surface area contributed by atoms with Crippen molar-refractivity contribution in [3.05, 3.63) is 30.6 Å². The molecule has 0 saturated carbocycles. The second-order valence-corrected chi connectivity index (χ2v) is 6.04. The first-order valence-electron chi connectivity index (χ1n) is 8.67. The van der Waals surface area contributed by atoms with E-state index in [0.29, 0.717) is 6.54 Å². The van der Waals surface area contributed by atoms with E-state index < -0.39 is 0 Å². The number of likely N-dealkylation sites (N-methyl/N-ethyl adjacent to an activating group) is 1. The van der Waals surface area contributed by atoms with Gasteiger partial charge >= 0.3 is 0 Å². The van der Waals surface area contributed by atoms with Crippen LogP contribution in [0.1, 0.15) is 13.8 Å². The molecule has 6 heteroatoms. The van der Waals surface area contributed by atoms with Gasteiger partial charge in [0.25, 0.3) is 0 Å². The van der Waals surface area contributed by atoms with Crippen molar-refractivity contribution in [3.8, 4) is 0 Å². The first kappa shape index (κ1) is 16.6. The number of anilines is 1. The average molecular weight is 327 g/mol. The summed E-state index contributed by atoms with van der Waals surface area (Å²) >= 11 is 0. The molecule has 0 N–H and O–H groups in total. The summed E-state index contributed by atoms with van der Waals surface area (Å²) in [5.74, 6) is 1.20. The third-order valence-corrected chi connectivity index (χ3v) is 4.71. The summed E-state index contributed by atoms with van der Waals surface area (Å²) in [6.07, 6.45) is 1.62. The number of hydrogen-bond donors (Lipinski definition) is 0. The number of hydrogen-bond acceptors (Lipinski definition) is 5. The minimum absolute atomic E-state index is 0.228. The molecule has 1 amide bonds. The Hall–Kier alpha value is -2.21. The van der Waals surface area contributed by atoms with E-state index in [1.165, 1.54) is 0 Å². The van der Waals surface area contributed by atoms with Crippen LogP contribution in [0.25, 0.3) is 10.9 Å². The number of amides is 1. The Morgan fingerprint density at radius 3 is 2.50 bits per heavy atom. The van der Waals surface area contributed by atoms with Gasteiger partial charge in [0, 0.05) is 31.6 Å². The summed E-state index contributed by atoms with van der Waals surface area (Å²) in [5.41, 5.74) is 0.961.